The van der Waals surface area contributed by atoms with Crippen LogP contribution in [0.4, 0.5) is 4.79 Å². The van der Waals surface area contributed by atoms with Crippen LogP contribution in [0.15, 0.2) is 4.52 Å². The first kappa shape index (κ1) is 22.2. The highest BCUT2D eigenvalue weighted by Crippen LogP contribution is 2.38. The second kappa shape index (κ2) is 9.14. The molecule has 1 aromatic rings. The summed E-state index contributed by atoms with van der Waals surface area (Å²) >= 11 is 0. The van der Waals surface area contributed by atoms with Crippen LogP contribution in [0.2, 0.25) is 0 Å². The standard InChI is InChI=1S/C21H32N4O5/c1-5-14(16(26)17-23-18(30-24-17)13-8-9-13)22-20(28)29-15(12-21(2,3)4)19(27)25-10-6-7-11-25/h13-15H,5-12H2,1-4H3,(H,22,28)/t14-,15-/m0/s1. The van der Waals surface area contributed by atoms with Gasteiger partial charge in [-0.25, -0.2) is 4.79 Å². The molecule has 0 radical (unpaired) electrons. The molecular weight excluding hydrogens is 388 g/mol. The van der Waals surface area contributed by atoms with Gasteiger partial charge in [0.2, 0.25) is 17.5 Å². The number of amides is 2. The molecule has 1 aliphatic heterocycles. The SMILES string of the molecule is CC[C@H](NC(=O)O[C@@H](CC(C)(C)C)C(=O)N1CCCC1)C(=O)c1noc(C2CC2)n1. The number of nitrogens with zero attached hydrogens (tertiary/aromatic N) is 3. The van der Waals surface area contributed by atoms with Crippen LogP contribution in [0, 0.1) is 5.41 Å². The number of hydrogen-bond acceptors (Lipinski definition) is 7. The highest BCUT2D eigenvalue weighted by molar-refractivity contribution is 5.98. The summed E-state index contributed by atoms with van der Waals surface area (Å²) in [5.41, 5.74) is -0.204. The first-order valence-electron chi connectivity index (χ1n) is 10.8. The van der Waals surface area contributed by atoms with Crippen molar-refractivity contribution in [2.75, 3.05) is 13.1 Å². The zero-order valence-electron chi connectivity index (χ0n) is 18.3. The smallest absolute Gasteiger partial charge is 0.408 e. The number of likely N-dealkylation sites (tertiary alicyclic amines) is 1. The van der Waals surface area contributed by atoms with Gasteiger partial charge in [-0.1, -0.05) is 32.9 Å². The third kappa shape index (κ3) is 5.79. The highest BCUT2D eigenvalue weighted by atomic mass is 16.6. The molecule has 166 valence electrons. The number of nitrogens with one attached hydrogen (secondary N) is 1. The fraction of sp³-hybridized carbons (Fsp3) is 0.762. The molecule has 1 aliphatic carbocycles. The number of ether oxygens (including phenoxy) is 1. The first-order valence-corrected chi connectivity index (χ1v) is 10.8. The Morgan fingerprint density at radius 3 is 2.47 bits per heavy atom. The largest absolute Gasteiger partial charge is 0.436 e. The molecule has 0 aromatic carbocycles. The van der Waals surface area contributed by atoms with Crippen LogP contribution in [0.1, 0.15) is 88.6 Å². The van der Waals surface area contributed by atoms with Crippen molar-refractivity contribution in [3.63, 3.8) is 0 Å². The molecule has 1 N–H and O–H groups in total. The van der Waals surface area contributed by atoms with Gasteiger partial charge >= 0.3 is 6.09 Å². The zero-order chi connectivity index (χ0) is 21.9. The Labute approximate surface area is 176 Å². The number of carbonyl (C=O) groups is 3. The van der Waals surface area contributed by atoms with Crippen molar-refractivity contribution < 1.29 is 23.6 Å². The zero-order valence-corrected chi connectivity index (χ0v) is 18.3. The molecule has 0 bridgehead atoms. The van der Waals surface area contributed by atoms with E-state index in [2.05, 4.69) is 15.5 Å². The van der Waals surface area contributed by atoms with Crippen LogP contribution in [0.25, 0.3) is 0 Å². The average molecular weight is 421 g/mol. The highest BCUT2D eigenvalue weighted by Gasteiger charge is 2.35. The van der Waals surface area contributed by atoms with Gasteiger partial charge in [-0.15, -0.1) is 0 Å². The van der Waals surface area contributed by atoms with Crippen molar-refractivity contribution in [3.8, 4) is 0 Å². The third-order valence-corrected chi connectivity index (χ3v) is 5.35. The third-order valence-electron chi connectivity index (χ3n) is 5.35. The van der Waals surface area contributed by atoms with Gasteiger partial charge in [0.05, 0.1) is 6.04 Å². The Bertz CT molecular complexity index is 775. The summed E-state index contributed by atoms with van der Waals surface area (Å²) in [6.45, 7) is 9.11. The molecule has 2 aliphatic rings. The van der Waals surface area contributed by atoms with E-state index in [4.69, 9.17) is 9.26 Å². The van der Waals surface area contributed by atoms with Crippen molar-refractivity contribution in [2.24, 2.45) is 5.41 Å². The fourth-order valence-corrected chi connectivity index (χ4v) is 3.52. The average Bonchev–Trinajstić information content (AvgIpc) is 3.18. The van der Waals surface area contributed by atoms with Gasteiger partial charge in [0.15, 0.2) is 6.10 Å². The minimum atomic E-state index is -0.887. The minimum absolute atomic E-state index is 0.0385. The van der Waals surface area contributed by atoms with Gasteiger partial charge in [-0.05, 0) is 43.9 Å². The summed E-state index contributed by atoms with van der Waals surface area (Å²) in [5, 5.41) is 6.33. The van der Waals surface area contributed by atoms with Gasteiger partial charge in [-0.3, -0.25) is 9.59 Å². The van der Waals surface area contributed by atoms with E-state index in [0.717, 1.165) is 25.7 Å². The van der Waals surface area contributed by atoms with E-state index in [1.807, 2.05) is 20.8 Å². The van der Waals surface area contributed by atoms with Crippen molar-refractivity contribution in [3.05, 3.63) is 11.7 Å². The molecule has 1 saturated carbocycles. The lowest BCUT2D eigenvalue weighted by atomic mass is 9.88. The summed E-state index contributed by atoms with van der Waals surface area (Å²) in [7, 11) is 0. The molecule has 2 fully saturated rings. The van der Waals surface area contributed by atoms with E-state index in [9.17, 15) is 14.4 Å². The maximum atomic E-state index is 12.9. The second-order valence-corrected chi connectivity index (χ2v) is 9.39. The molecule has 3 rings (SSSR count). The lowest BCUT2D eigenvalue weighted by Crippen LogP contribution is -2.46. The van der Waals surface area contributed by atoms with E-state index in [1.54, 1.807) is 11.8 Å². The molecule has 1 aromatic heterocycles. The summed E-state index contributed by atoms with van der Waals surface area (Å²) in [4.78, 5) is 44.0. The van der Waals surface area contributed by atoms with Gasteiger partial charge in [0.25, 0.3) is 5.91 Å². The van der Waals surface area contributed by atoms with Crippen LogP contribution in [-0.4, -0.2) is 58.1 Å². The Morgan fingerprint density at radius 2 is 1.90 bits per heavy atom. The lowest BCUT2D eigenvalue weighted by molar-refractivity contribution is -0.140. The van der Waals surface area contributed by atoms with Crippen molar-refractivity contribution in [1.29, 1.82) is 0 Å². The summed E-state index contributed by atoms with van der Waals surface area (Å²) < 4.78 is 10.7. The summed E-state index contributed by atoms with van der Waals surface area (Å²) in [5.74, 6) is 0.0695. The Hall–Kier alpha value is -2.45. The van der Waals surface area contributed by atoms with Crippen LogP contribution >= 0.6 is 0 Å². The topological polar surface area (TPSA) is 115 Å². The fourth-order valence-electron chi connectivity index (χ4n) is 3.52. The molecule has 1 saturated heterocycles. The second-order valence-electron chi connectivity index (χ2n) is 9.39. The Balaban J connectivity index is 1.62. The maximum Gasteiger partial charge on any atom is 0.408 e. The maximum absolute atomic E-state index is 12.9. The van der Waals surface area contributed by atoms with Crippen LogP contribution in [0.5, 0.6) is 0 Å². The van der Waals surface area contributed by atoms with E-state index in [1.165, 1.54) is 0 Å². The predicted octanol–water partition coefficient (Wildman–Crippen LogP) is 3.06. The molecule has 0 unspecified atom stereocenters. The van der Waals surface area contributed by atoms with Crippen molar-refractivity contribution >= 4 is 17.8 Å². The van der Waals surface area contributed by atoms with Gasteiger partial charge in [0, 0.05) is 19.0 Å². The number of carbonyl (C=O) groups excluding carboxylic acids is 3. The van der Waals surface area contributed by atoms with Crippen LogP contribution < -0.4 is 5.32 Å². The predicted molar refractivity (Wildman–Crippen MR) is 108 cm³/mol. The van der Waals surface area contributed by atoms with Crippen LogP contribution in [-0.2, 0) is 9.53 Å². The molecule has 0 spiro atoms. The van der Waals surface area contributed by atoms with E-state index < -0.39 is 24.0 Å². The van der Waals surface area contributed by atoms with Gasteiger partial charge < -0.3 is 19.5 Å². The number of hydrogen-bond donors (Lipinski definition) is 1. The molecule has 2 atom stereocenters. The quantitative estimate of drug-likeness (QED) is 0.643. The molecule has 9 nitrogen and oxygen atoms in total. The molecule has 2 amide bonds. The molecule has 2 heterocycles. The molecule has 30 heavy (non-hydrogen) atoms. The Kier molecular flexibility index (Phi) is 6.77. The van der Waals surface area contributed by atoms with Crippen molar-refractivity contribution in [1.82, 2.24) is 20.4 Å². The van der Waals surface area contributed by atoms with Gasteiger partial charge in [0.1, 0.15) is 0 Å². The molecular formula is C21H32N4O5. The number of Topliss-reactive ketones (excluding diaryl/α,β-unsaturated/α-hetero) is 1. The first-order chi connectivity index (χ1) is 14.2. The number of aromatic nitrogens is 2. The summed E-state index contributed by atoms with van der Waals surface area (Å²) in [6, 6.07) is -0.848. The monoisotopic (exact) mass is 420 g/mol. The van der Waals surface area contributed by atoms with E-state index in [0.29, 0.717) is 31.8 Å². The van der Waals surface area contributed by atoms with Crippen molar-refractivity contribution in [2.45, 2.75) is 84.3 Å². The van der Waals surface area contributed by atoms with E-state index in [-0.39, 0.29) is 23.1 Å². The lowest BCUT2D eigenvalue weighted by Gasteiger charge is -2.28. The normalized spacial score (nSPS) is 18.7. The minimum Gasteiger partial charge on any atom is -0.436 e. The van der Waals surface area contributed by atoms with E-state index >= 15 is 0 Å². The Morgan fingerprint density at radius 1 is 1.23 bits per heavy atom. The van der Waals surface area contributed by atoms with Crippen LogP contribution in [0.3, 0.4) is 0 Å². The summed E-state index contributed by atoms with van der Waals surface area (Å²) in [6.07, 6.45) is 2.95. The van der Waals surface area contributed by atoms with Gasteiger partial charge in [-0.2, -0.15) is 4.98 Å². The number of ketones is 1. The number of alkyl carbamates (subject to hydrolysis) is 1. The number of rotatable bonds is 8. The molecule has 9 heteroatoms.